The van der Waals surface area contributed by atoms with Gasteiger partial charge in [0, 0.05) is 50.3 Å². The normalized spacial score (nSPS) is 20.0. The zero-order valence-corrected chi connectivity index (χ0v) is 17.5. The van der Waals surface area contributed by atoms with Gasteiger partial charge < -0.3 is 20.1 Å². The van der Waals surface area contributed by atoms with Crippen molar-refractivity contribution in [2.45, 2.75) is 50.7 Å². The summed E-state index contributed by atoms with van der Waals surface area (Å²) in [6, 6.07) is 0. The van der Waals surface area contributed by atoms with Crippen LogP contribution in [0, 0.1) is 0 Å². The lowest BCUT2D eigenvalue weighted by molar-refractivity contribution is -0.141. The molecule has 1 amide bonds. The van der Waals surface area contributed by atoms with Gasteiger partial charge in [0.25, 0.3) is 0 Å². The van der Waals surface area contributed by atoms with E-state index < -0.39 is 11.9 Å². The molecule has 11 heteroatoms. The van der Waals surface area contributed by atoms with Crippen molar-refractivity contribution in [3.63, 3.8) is 0 Å². The molecule has 0 aromatic carbocycles. The average Bonchev–Trinajstić information content (AvgIpc) is 3.16. The molecular weight excluding hydrogens is 411 g/mol. The van der Waals surface area contributed by atoms with Crippen LogP contribution in [0.1, 0.15) is 55.1 Å². The standard InChI is InChI=1S/C20H26F3N7O/c1-12-9-15(31)28-17-16(12)19(26-11-25-17)29-6-3-13(4-7-29)18-27-14(20(21,22)23)10-30(18)8-5-24-2/h10-13,24H,3-9H2,1-2H3,(H,25,26,28,31). The molecule has 31 heavy (non-hydrogen) atoms. The number of carbonyl (C=O) groups is 1. The molecule has 0 bridgehead atoms. The molecule has 1 fully saturated rings. The van der Waals surface area contributed by atoms with Crippen molar-refractivity contribution >= 4 is 17.5 Å². The Hall–Kier alpha value is -2.69. The largest absolute Gasteiger partial charge is 0.434 e. The summed E-state index contributed by atoms with van der Waals surface area (Å²) in [4.78, 5) is 26.6. The number of nitrogens with one attached hydrogen (secondary N) is 2. The van der Waals surface area contributed by atoms with Gasteiger partial charge in [-0.3, -0.25) is 4.79 Å². The Balaban J connectivity index is 1.53. The van der Waals surface area contributed by atoms with Gasteiger partial charge in [-0.1, -0.05) is 6.92 Å². The second-order valence-corrected chi connectivity index (χ2v) is 8.15. The molecule has 4 heterocycles. The highest BCUT2D eigenvalue weighted by Gasteiger charge is 2.37. The fourth-order valence-corrected chi connectivity index (χ4v) is 4.41. The number of halogens is 3. The highest BCUT2D eigenvalue weighted by Crippen LogP contribution is 2.39. The molecule has 1 unspecified atom stereocenters. The Morgan fingerprint density at radius 1 is 1.26 bits per heavy atom. The summed E-state index contributed by atoms with van der Waals surface area (Å²) in [5.74, 6) is 1.73. The molecule has 1 saturated heterocycles. The predicted octanol–water partition coefficient (Wildman–Crippen LogP) is 2.74. The molecule has 0 spiro atoms. The summed E-state index contributed by atoms with van der Waals surface area (Å²) >= 11 is 0. The van der Waals surface area contributed by atoms with Crippen LogP contribution in [0.15, 0.2) is 12.5 Å². The number of alkyl halides is 3. The first-order valence-electron chi connectivity index (χ1n) is 10.5. The van der Waals surface area contributed by atoms with E-state index >= 15 is 0 Å². The Labute approximate surface area is 178 Å². The Bertz CT molecular complexity index is 951. The lowest BCUT2D eigenvalue weighted by Gasteiger charge is -2.35. The van der Waals surface area contributed by atoms with Gasteiger partial charge in [0.2, 0.25) is 5.91 Å². The minimum atomic E-state index is -4.46. The van der Waals surface area contributed by atoms with E-state index in [4.69, 9.17) is 0 Å². The van der Waals surface area contributed by atoms with E-state index in [1.165, 1.54) is 6.33 Å². The molecule has 0 radical (unpaired) electrons. The maximum Gasteiger partial charge on any atom is 0.434 e. The first kappa shape index (κ1) is 21.5. The van der Waals surface area contributed by atoms with Gasteiger partial charge >= 0.3 is 6.18 Å². The van der Waals surface area contributed by atoms with Crippen molar-refractivity contribution in [3.05, 3.63) is 29.6 Å². The molecule has 4 rings (SSSR count). The van der Waals surface area contributed by atoms with Gasteiger partial charge in [0.1, 0.15) is 23.8 Å². The van der Waals surface area contributed by atoms with Crippen LogP contribution >= 0.6 is 0 Å². The number of likely N-dealkylation sites (N-methyl/N-ethyl adjacent to an activating group) is 1. The van der Waals surface area contributed by atoms with Gasteiger partial charge in [0.05, 0.1) is 0 Å². The zero-order valence-electron chi connectivity index (χ0n) is 17.5. The molecule has 2 aromatic heterocycles. The molecule has 168 valence electrons. The fourth-order valence-electron chi connectivity index (χ4n) is 4.41. The van der Waals surface area contributed by atoms with Crippen molar-refractivity contribution in [3.8, 4) is 0 Å². The van der Waals surface area contributed by atoms with Gasteiger partial charge in [-0.2, -0.15) is 13.2 Å². The minimum Gasteiger partial charge on any atom is -0.356 e. The number of rotatable bonds is 5. The predicted molar refractivity (Wildman–Crippen MR) is 109 cm³/mol. The van der Waals surface area contributed by atoms with Crippen molar-refractivity contribution in [2.75, 3.05) is 36.9 Å². The summed E-state index contributed by atoms with van der Waals surface area (Å²) in [6.07, 6.45) is -0.169. The Morgan fingerprint density at radius 2 is 2.00 bits per heavy atom. The van der Waals surface area contributed by atoms with E-state index in [1.54, 1.807) is 11.6 Å². The third-order valence-corrected chi connectivity index (χ3v) is 5.97. The van der Waals surface area contributed by atoms with Crippen molar-refractivity contribution < 1.29 is 18.0 Å². The van der Waals surface area contributed by atoms with Crippen LogP contribution in [0.25, 0.3) is 0 Å². The van der Waals surface area contributed by atoms with Crippen LogP contribution in [0.3, 0.4) is 0 Å². The first-order chi connectivity index (χ1) is 14.8. The quantitative estimate of drug-likeness (QED) is 0.748. The van der Waals surface area contributed by atoms with E-state index in [0.29, 0.717) is 57.1 Å². The third-order valence-electron chi connectivity index (χ3n) is 5.97. The fraction of sp³-hybridized carbons (Fsp3) is 0.600. The molecule has 2 aromatic rings. The van der Waals surface area contributed by atoms with Crippen LogP contribution < -0.4 is 15.5 Å². The van der Waals surface area contributed by atoms with Gasteiger partial charge in [-0.25, -0.2) is 15.0 Å². The summed E-state index contributed by atoms with van der Waals surface area (Å²) in [6.45, 7) is 4.28. The number of imidazole rings is 1. The molecule has 2 N–H and O–H groups in total. The molecule has 2 aliphatic rings. The summed E-state index contributed by atoms with van der Waals surface area (Å²) in [7, 11) is 1.77. The zero-order chi connectivity index (χ0) is 22.2. The summed E-state index contributed by atoms with van der Waals surface area (Å²) in [5, 5.41) is 5.78. The second kappa shape index (κ2) is 8.45. The number of anilines is 2. The smallest absolute Gasteiger partial charge is 0.356 e. The van der Waals surface area contributed by atoms with E-state index in [1.807, 2.05) is 6.92 Å². The maximum absolute atomic E-state index is 13.2. The Kier molecular flexibility index (Phi) is 5.87. The number of piperidine rings is 1. The summed E-state index contributed by atoms with van der Waals surface area (Å²) < 4.78 is 41.3. The van der Waals surface area contributed by atoms with E-state index in [0.717, 1.165) is 17.6 Å². The number of amides is 1. The SMILES string of the molecule is CNCCn1cc(C(F)(F)F)nc1C1CCN(c2ncnc3c2C(C)CC(=O)N3)CC1. The van der Waals surface area contributed by atoms with Crippen LogP contribution in [0.4, 0.5) is 24.8 Å². The number of aromatic nitrogens is 4. The number of fused-ring (bicyclic) bond motifs is 1. The van der Waals surface area contributed by atoms with E-state index in [-0.39, 0.29) is 17.7 Å². The number of carbonyl (C=O) groups excluding carboxylic acids is 1. The minimum absolute atomic E-state index is 0.00691. The number of nitrogens with zero attached hydrogens (tertiary/aromatic N) is 5. The molecular formula is C20H26F3N7O. The summed E-state index contributed by atoms with van der Waals surface area (Å²) in [5.41, 5.74) is 0.0888. The highest BCUT2D eigenvalue weighted by molar-refractivity contribution is 5.94. The van der Waals surface area contributed by atoms with Crippen LogP contribution in [-0.4, -0.2) is 52.1 Å². The van der Waals surface area contributed by atoms with E-state index in [9.17, 15) is 18.0 Å². The van der Waals surface area contributed by atoms with Crippen molar-refractivity contribution in [1.82, 2.24) is 24.8 Å². The lowest BCUT2D eigenvalue weighted by Crippen LogP contribution is -2.36. The average molecular weight is 437 g/mol. The molecule has 2 aliphatic heterocycles. The van der Waals surface area contributed by atoms with E-state index in [2.05, 4.69) is 30.5 Å². The Morgan fingerprint density at radius 3 is 2.68 bits per heavy atom. The van der Waals surface area contributed by atoms with Crippen LogP contribution in [0.5, 0.6) is 0 Å². The van der Waals surface area contributed by atoms with Crippen molar-refractivity contribution in [2.24, 2.45) is 0 Å². The number of hydrogen-bond acceptors (Lipinski definition) is 6. The molecule has 8 nitrogen and oxygen atoms in total. The van der Waals surface area contributed by atoms with Crippen LogP contribution in [-0.2, 0) is 17.5 Å². The molecule has 1 atom stereocenters. The maximum atomic E-state index is 13.2. The van der Waals surface area contributed by atoms with Crippen LogP contribution in [0.2, 0.25) is 0 Å². The first-order valence-corrected chi connectivity index (χ1v) is 10.5. The highest BCUT2D eigenvalue weighted by atomic mass is 19.4. The van der Waals surface area contributed by atoms with Gasteiger partial charge in [-0.15, -0.1) is 0 Å². The molecule has 0 aliphatic carbocycles. The monoisotopic (exact) mass is 437 g/mol. The second-order valence-electron chi connectivity index (χ2n) is 8.15. The topological polar surface area (TPSA) is 88.0 Å². The third kappa shape index (κ3) is 4.36. The van der Waals surface area contributed by atoms with Crippen molar-refractivity contribution in [1.29, 1.82) is 0 Å². The molecule has 0 saturated carbocycles. The van der Waals surface area contributed by atoms with Gasteiger partial charge in [0.15, 0.2) is 5.69 Å². The van der Waals surface area contributed by atoms with Gasteiger partial charge in [-0.05, 0) is 25.8 Å². The lowest BCUT2D eigenvalue weighted by atomic mass is 9.92. The number of hydrogen-bond donors (Lipinski definition) is 2.